The van der Waals surface area contributed by atoms with Gasteiger partial charge in [0.15, 0.2) is 0 Å². The zero-order valence-corrected chi connectivity index (χ0v) is 14.9. The Balaban J connectivity index is 1.75. The van der Waals surface area contributed by atoms with Crippen LogP contribution in [0.4, 0.5) is 0 Å². The summed E-state index contributed by atoms with van der Waals surface area (Å²) < 4.78 is 0. The largest absolute Gasteiger partial charge is 0.303 e. The van der Waals surface area contributed by atoms with Crippen LogP contribution in [-0.2, 0) is 0 Å². The van der Waals surface area contributed by atoms with Crippen molar-refractivity contribution in [1.82, 2.24) is 4.90 Å². The smallest absolute Gasteiger partial charge is 0.0566 e. The van der Waals surface area contributed by atoms with Gasteiger partial charge in [0.05, 0.1) is 8.07 Å². The fraction of sp³-hybridized carbons (Fsp3) is 0.579. The molecular formula is C19H29NSi. The van der Waals surface area contributed by atoms with Crippen LogP contribution in [-0.4, -0.2) is 32.6 Å². The highest BCUT2D eigenvalue weighted by atomic mass is 28.3. The predicted molar refractivity (Wildman–Crippen MR) is 95.4 cm³/mol. The van der Waals surface area contributed by atoms with Crippen LogP contribution < -0.4 is 0 Å². The number of fused-ring (bicyclic) bond motifs is 1. The number of hydrogen-bond donors (Lipinski definition) is 0. The Morgan fingerprint density at radius 3 is 2.48 bits per heavy atom. The molecule has 1 fully saturated rings. The fourth-order valence-electron chi connectivity index (χ4n) is 3.84. The van der Waals surface area contributed by atoms with E-state index in [0.29, 0.717) is 5.54 Å². The van der Waals surface area contributed by atoms with Gasteiger partial charge >= 0.3 is 0 Å². The summed E-state index contributed by atoms with van der Waals surface area (Å²) in [5.74, 6) is 0. The van der Waals surface area contributed by atoms with Crippen molar-refractivity contribution in [2.24, 2.45) is 0 Å². The van der Waals surface area contributed by atoms with Crippen LogP contribution in [0.1, 0.15) is 42.4 Å². The van der Waals surface area contributed by atoms with E-state index in [-0.39, 0.29) is 0 Å². The lowest BCUT2D eigenvalue weighted by Gasteiger charge is -2.26. The van der Waals surface area contributed by atoms with Crippen molar-refractivity contribution in [2.75, 3.05) is 19.6 Å². The highest BCUT2D eigenvalue weighted by Crippen LogP contribution is 2.42. The Hall–Kier alpha value is -0.863. The average Bonchev–Trinajstić information content (AvgIpc) is 2.85. The highest BCUT2D eigenvalue weighted by Gasteiger charge is 2.33. The first-order valence-electron chi connectivity index (χ1n) is 8.58. The second-order valence-corrected chi connectivity index (χ2v) is 13.1. The second kappa shape index (κ2) is 6.10. The Kier molecular flexibility index (Phi) is 4.37. The molecule has 21 heavy (non-hydrogen) atoms. The lowest BCUT2D eigenvalue weighted by atomic mass is 10.0. The molecule has 0 bridgehead atoms. The van der Waals surface area contributed by atoms with Crippen molar-refractivity contribution >= 4 is 13.6 Å². The first kappa shape index (κ1) is 15.0. The van der Waals surface area contributed by atoms with E-state index in [1.54, 1.807) is 16.7 Å². The van der Waals surface area contributed by atoms with Gasteiger partial charge < -0.3 is 4.90 Å². The first-order valence-corrected chi connectivity index (χ1v) is 12.2. The first-order chi connectivity index (χ1) is 10.1. The minimum Gasteiger partial charge on any atom is -0.303 e. The zero-order chi connectivity index (χ0) is 14.9. The number of piperidine rings is 1. The SMILES string of the molecule is C[Si](C)(C)C1C=C(CCN2CCCCC2)c2ccccc21. The molecule has 2 heteroatoms. The maximum atomic E-state index is 2.66. The van der Waals surface area contributed by atoms with Crippen molar-refractivity contribution in [3.63, 3.8) is 0 Å². The van der Waals surface area contributed by atoms with Gasteiger partial charge in [-0.05, 0) is 54.6 Å². The van der Waals surface area contributed by atoms with Crippen LogP contribution in [0.15, 0.2) is 30.3 Å². The van der Waals surface area contributed by atoms with E-state index in [2.05, 4.69) is 54.9 Å². The zero-order valence-electron chi connectivity index (χ0n) is 13.9. The van der Waals surface area contributed by atoms with Crippen LogP contribution in [0.25, 0.3) is 5.57 Å². The topological polar surface area (TPSA) is 3.24 Å². The Morgan fingerprint density at radius 1 is 1.05 bits per heavy atom. The van der Waals surface area contributed by atoms with Crippen molar-refractivity contribution < 1.29 is 0 Å². The van der Waals surface area contributed by atoms with Crippen LogP contribution >= 0.6 is 0 Å². The van der Waals surface area contributed by atoms with E-state index in [4.69, 9.17) is 0 Å². The quantitative estimate of drug-likeness (QED) is 0.713. The lowest BCUT2D eigenvalue weighted by molar-refractivity contribution is 0.234. The molecule has 1 aliphatic carbocycles. The van der Waals surface area contributed by atoms with E-state index in [1.165, 1.54) is 45.3 Å². The van der Waals surface area contributed by atoms with Gasteiger partial charge in [0, 0.05) is 6.54 Å². The molecule has 0 saturated carbocycles. The number of rotatable bonds is 4. The normalized spacial score (nSPS) is 23.0. The van der Waals surface area contributed by atoms with E-state index in [9.17, 15) is 0 Å². The molecule has 0 spiro atoms. The number of likely N-dealkylation sites (tertiary alicyclic amines) is 1. The summed E-state index contributed by atoms with van der Waals surface area (Å²) in [6.45, 7) is 11.4. The summed E-state index contributed by atoms with van der Waals surface area (Å²) in [6.07, 6.45) is 8.07. The second-order valence-electron chi connectivity index (χ2n) is 7.78. The molecule has 0 aromatic heterocycles. The molecule has 0 radical (unpaired) electrons. The molecule has 1 nitrogen and oxygen atoms in total. The van der Waals surface area contributed by atoms with Crippen molar-refractivity contribution in [3.05, 3.63) is 41.5 Å². The van der Waals surface area contributed by atoms with E-state index < -0.39 is 8.07 Å². The van der Waals surface area contributed by atoms with Crippen LogP contribution in [0, 0.1) is 0 Å². The molecular weight excluding hydrogens is 270 g/mol. The molecule has 1 heterocycles. The molecule has 1 aliphatic heterocycles. The molecule has 1 saturated heterocycles. The van der Waals surface area contributed by atoms with Gasteiger partial charge in [-0.2, -0.15) is 0 Å². The maximum Gasteiger partial charge on any atom is 0.0566 e. The Morgan fingerprint density at radius 2 is 1.76 bits per heavy atom. The molecule has 114 valence electrons. The van der Waals surface area contributed by atoms with Gasteiger partial charge in [0.1, 0.15) is 0 Å². The number of benzene rings is 1. The molecule has 0 amide bonds. The van der Waals surface area contributed by atoms with Gasteiger partial charge in [0.2, 0.25) is 0 Å². The molecule has 3 rings (SSSR count). The van der Waals surface area contributed by atoms with Gasteiger partial charge in [-0.3, -0.25) is 0 Å². The van der Waals surface area contributed by atoms with Gasteiger partial charge in [-0.1, -0.05) is 56.4 Å². The maximum absolute atomic E-state index is 2.66. The van der Waals surface area contributed by atoms with E-state index in [0.717, 1.165) is 0 Å². The summed E-state index contributed by atoms with van der Waals surface area (Å²) >= 11 is 0. The number of hydrogen-bond acceptors (Lipinski definition) is 1. The molecule has 1 unspecified atom stereocenters. The van der Waals surface area contributed by atoms with E-state index in [1.807, 2.05) is 0 Å². The number of nitrogens with zero attached hydrogens (tertiary/aromatic N) is 1. The molecule has 0 N–H and O–H groups in total. The fourth-order valence-corrected chi connectivity index (χ4v) is 5.72. The lowest BCUT2D eigenvalue weighted by Crippen LogP contribution is -2.30. The minimum absolute atomic E-state index is 0.713. The average molecular weight is 300 g/mol. The number of allylic oxidation sites excluding steroid dienone is 1. The van der Waals surface area contributed by atoms with Crippen LogP contribution in [0.2, 0.25) is 19.6 Å². The molecule has 1 aromatic carbocycles. The minimum atomic E-state index is -1.18. The molecule has 1 atom stereocenters. The Labute approximate surface area is 131 Å². The molecule has 1 aromatic rings. The summed E-state index contributed by atoms with van der Waals surface area (Å²) in [4.78, 5) is 2.66. The van der Waals surface area contributed by atoms with E-state index >= 15 is 0 Å². The summed E-state index contributed by atoms with van der Waals surface area (Å²) in [5.41, 5.74) is 5.47. The van der Waals surface area contributed by atoms with Gasteiger partial charge in [-0.15, -0.1) is 0 Å². The Bertz CT molecular complexity index is 521. The van der Waals surface area contributed by atoms with Gasteiger partial charge in [0.25, 0.3) is 0 Å². The summed E-state index contributed by atoms with van der Waals surface area (Å²) in [5, 5.41) is 0. The third-order valence-corrected chi connectivity index (χ3v) is 7.43. The highest BCUT2D eigenvalue weighted by molar-refractivity contribution is 6.78. The standard InChI is InChI=1S/C19H29NSi/c1-21(2,3)19-15-16(17-9-5-6-10-18(17)19)11-14-20-12-7-4-8-13-20/h5-6,9-10,15,19H,4,7-8,11-14H2,1-3H3. The van der Waals surface area contributed by atoms with Crippen molar-refractivity contribution in [2.45, 2.75) is 50.9 Å². The third kappa shape index (κ3) is 3.32. The predicted octanol–water partition coefficient (Wildman–Crippen LogP) is 4.92. The van der Waals surface area contributed by atoms with Crippen LogP contribution in [0.5, 0.6) is 0 Å². The summed E-state index contributed by atoms with van der Waals surface area (Å²) in [7, 11) is -1.18. The van der Waals surface area contributed by atoms with Gasteiger partial charge in [-0.25, -0.2) is 0 Å². The van der Waals surface area contributed by atoms with Crippen LogP contribution in [0.3, 0.4) is 0 Å². The third-order valence-electron chi connectivity index (χ3n) is 5.09. The van der Waals surface area contributed by atoms with Crippen molar-refractivity contribution in [1.29, 1.82) is 0 Å². The summed E-state index contributed by atoms with van der Waals surface area (Å²) in [6, 6.07) is 9.13. The van der Waals surface area contributed by atoms with Crippen molar-refractivity contribution in [3.8, 4) is 0 Å². The molecule has 2 aliphatic rings. The monoisotopic (exact) mass is 299 g/mol.